The smallest absolute Gasteiger partial charge is 0.219 e. The van der Waals surface area contributed by atoms with E-state index in [9.17, 15) is 8.42 Å². The standard InChI is InChI=1S/C14H21ClN2O3S/c1-14(2,3)16-21(18,19)12-9-20-17(4)13(12)10-5-7-11(15)8-6-10/h5-8,12-13,16H,9H2,1-4H3/t12-,13+/m1/s1. The molecule has 1 fully saturated rings. The van der Waals surface area contributed by atoms with Gasteiger partial charge in [-0.15, -0.1) is 0 Å². The van der Waals surface area contributed by atoms with E-state index in [1.165, 1.54) is 0 Å². The van der Waals surface area contributed by atoms with Crippen LogP contribution in [0, 0.1) is 0 Å². The maximum atomic E-state index is 12.6. The number of hydrogen-bond acceptors (Lipinski definition) is 4. The molecule has 1 N–H and O–H groups in total. The SMILES string of the molecule is CN1OC[C@@H](S(=O)(=O)NC(C)(C)C)[C@@H]1c1ccc(Cl)cc1. The van der Waals surface area contributed by atoms with Gasteiger partial charge in [-0.3, -0.25) is 4.84 Å². The highest BCUT2D eigenvalue weighted by Crippen LogP contribution is 2.34. The molecule has 2 rings (SSSR count). The Labute approximate surface area is 131 Å². The van der Waals surface area contributed by atoms with Crippen LogP contribution in [0.25, 0.3) is 0 Å². The van der Waals surface area contributed by atoms with E-state index in [2.05, 4.69) is 4.72 Å². The largest absolute Gasteiger partial charge is 0.297 e. The number of benzene rings is 1. The van der Waals surface area contributed by atoms with Crippen molar-refractivity contribution in [1.82, 2.24) is 9.79 Å². The van der Waals surface area contributed by atoms with Gasteiger partial charge in [-0.25, -0.2) is 13.1 Å². The maximum absolute atomic E-state index is 12.6. The molecule has 0 amide bonds. The van der Waals surface area contributed by atoms with Crippen molar-refractivity contribution >= 4 is 21.6 Å². The van der Waals surface area contributed by atoms with E-state index in [-0.39, 0.29) is 12.6 Å². The van der Waals surface area contributed by atoms with Gasteiger partial charge >= 0.3 is 0 Å². The van der Waals surface area contributed by atoms with Crippen molar-refractivity contribution in [1.29, 1.82) is 0 Å². The van der Waals surface area contributed by atoms with Gasteiger partial charge < -0.3 is 0 Å². The number of rotatable bonds is 3. The second-order valence-electron chi connectivity index (χ2n) is 6.27. The van der Waals surface area contributed by atoms with Crippen LogP contribution >= 0.6 is 11.6 Å². The van der Waals surface area contributed by atoms with Gasteiger partial charge in [-0.05, 0) is 38.5 Å². The van der Waals surface area contributed by atoms with Crippen LogP contribution in [0.2, 0.25) is 5.02 Å². The highest BCUT2D eigenvalue weighted by atomic mass is 35.5. The van der Waals surface area contributed by atoms with Crippen LogP contribution in [-0.2, 0) is 14.9 Å². The summed E-state index contributed by atoms with van der Waals surface area (Å²) < 4.78 is 27.9. The third-order valence-corrected chi connectivity index (χ3v) is 5.58. The highest BCUT2D eigenvalue weighted by Gasteiger charge is 2.44. The van der Waals surface area contributed by atoms with Crippen LogP contribution in [0.15, 0.2) is 24.3 Å². The molecule has 0 saturated carbocycles. The lowest BCUT2D eigenvalue weighted by atomic mass is 10.0. The summed E-state index contributed by atoms with van der Waals surface area (Å²) in [5.41, 5.74) is 0.341. The third kappa shape index (κ3) is 3.96. The van der Waals surface area contributed by atoms with Gasteiger partial charge in [0.2, 0.25) is 10.0 Å². The summed E-state index contributed by atoms with van der Waals surface area (Å²) in [6, 6.07) is 6.81. The first-order chi connectivity index (χ1) is 9.60. The number of nitrogens with one attached hydrogen (secondary N) is 1. The highest BCUT2D eigenvalue weighted by molar-refractivity contribution is 7.90. The van der Waals surface area contributed by atoms with Crippen molar-refractivity contribution in [3.63, 3.8) is 0 Å². The Balaban J connectivity index is 2.32. The fourth-order valence-electron chi connectivity index (χ4n) is 2.44. The van der Waals surface area contributed by atoms with E-state index < -0.39 is 20.8 Å². The van der Waals surface area contributed by atoms with Gasteiger partial charge in [0.1, 0.15) is 5.25 Å². The minimum atomic E-state index is -3.51. The third-order valence-electron chi connectivity index (χ3n) is 3.24. The molecule has 0 bridgehead atoms. The molecule has 1 heterocycles. The van der Waals surface area contributed by atoms with Gasteiger partial charge in [-0.2, -0.15) is 5.06 Å². The number of hydroxylamine groups is 2. The van der Waals surface area contributed by atoms with Crippen molar-refractivity contribution < 1.29 is 13.3 Å². The Bertz CT molecular complexity index is 596. The Hall–Kier alpha value is -0.660. The van der Waals surface area contributed by atoms with E-state index in [0.717, 1.165) is 5.56 Å². The zero-order valence-electron chi connectivity index (χ0n) is 12.6. The van der Waals surface area contributed by atoms with E-state index in [0.29, 0.717) is 5.02 Å². The van der Waals surface area contributed by atoms with Crippen LogP contribution in [0.3, 0.4) is 0 Å². The Kier molecular flexibility index (Phi) is 4.66. The lowest BCUT2D eigenvalue weighted by Gasteiger charge is -2.27. The zero-order valence-corrected chi connectivity index (χ0v) is 14.2. The molecule has 21 heavy (non-hydrogen) atoms. The van der Waals surface area contributed by atoms with Crippen molar-refractivity contribution in [3.8, 4) is 0 Å². The van der Waals surface area contributed by atoms with Crippen molar-refractivity contribution in [2.75, 3.05) is 13.7 Å². The fraction of sp³-hybridized carbons (Fsp3) is 0.571. The molecule has 118 valence electrons. The molecule has 1 aromatic carbocycles. The molecule has 5 nitrogen and oxygen atoms in total. The maximum Gasteiger partial charge on any atom is 0.219 e. The average Bonchev–Trinajstić information content (AvgIpc) is 2.70. The monoisotopic (exact) mass is 332 g/mol. The predicted octanol–water partition coefficient (Wildman–Crippen LogP) is 2.34. The molecule has 0 radical (unpaired) electrons. The molecule has 1 aliphatic heterocycles. The lowest BCUT2D eigenvalue weighted by molar-refractivity contribution is -0.110. The summed E-state index contributed by atoms with van der Waals surface area (Å²) in [5, 5.41) is 1.55. The Morgan fingerprint density at radius 1 is 1.29 bits per heavy atom. The topological polar surface area (TPSA) is 58.6 Å². The average molecular weight is 333 g/mol. The molecule has 0 aliphatic carbocycles. The summed E-state index contributed by atoms with van der Waals surface area (Å²) in [6.45, 7) is 5.60. The van der Waals surface area contributed by atoms with Crippen molar-refractivity contribution in [2.45, 2.75) is 37.6 Å². The van der Waals surface area contributed by atoms with Crippen LogP contribution in [0.5, 0.6) is 0 Å². The van der Waals surface area contributed by atoms with Crippen LogP contribution in [-0.4, -0.2) is 37.9 Å². The van der Waals surface area contributed by atoms with Crippen LogP contribution < -0.4 is 4.72 Å². The molecular formula is C14H21ClN2O3S. The molecule has 0 aromatic heterocycles. The molecular weight excluding hydrogens is 312 g/mol. The van der Waals surface area contributed by atoms with Gasteiger partial charge in [0, 0.05) is 17.6 Å². The molecule has 1 aromatic rings. The number of hydrogen-bond donors (Lipinski definition) is 1. The number of halogens is 1. The first kappa shape index (κ1) is 16.7. The molecule has 1 saturated heterocycles. The minimum Gasteiger partial charge on any atom is -0.297 e. The fourth-order valence-corrected chi connectivity index (χ4v) is 4.48. The summed E-state index contributed by atoms with van der Waals surface area (Å²) in [6.07, 6.45) is 0. The molecule has 0 unspecified atom stereocenters. The second-order valence-corrected chi connectivity index (χ2v) is 8.61. The Morgan fingerprint density at radius 2 is 1.86 bits per heavy atom. The zero-order chi connectivity index (χ0) is 15.8. The first-order valence-corrected chi connectivity index (χ1v) is 8.66. The van der Waals surface area contributed by atoms with Gasteiger partial charge in [-0.1, -0.05) is 23.7 Å². The normalized spacial score (nSPS) is 24.4. The van der Waals surface area contributed by atoms with E-state index in [1.54, 1.807) is 24.2 Å². The minimum absolute atomic E-state index is 0.134. The second kappa shape index (κ2) is 5.85. The number of nitrogens with zero attached hydrogens (tertiary/aromatic N) is 1. The van der Waals surface area contributed by atoms with Crippen molar-refractivity contribution in [2.24, 2.45) is 0 Å². The van der Waals surface area contributed by atoms with E-state index >= 15 is 0 Å². The summed E-state index contributed by atoms with van der Waals surface area (Å²) in [7, 11) is -1.77. The van der Waals surface area contributed by atoms with Crippen LogP contribution in [0.1, 0.15) is 32.4 Å². The van der Waals surface area contributed by atoms with E-state index in [1.807, 2.05) is 32.9 Å². The molecule has 1 aliphatic rings. The predicted molar refractivity (Wildman–Crippen MR) is 83.5 cm³/mol. The van der Waals surface area contributed by atoms with Gasteiger partial charge in [0.25, 0.3) is 0 Å². The summed E-state index contributed by atoms with van der Waals surface area (Å²) >= 11 is 5.89. The number of sulfonamides is 1. The van der Waals surface area contributed by atoms with E-state index in [4.69, 9.17) is 16.4 Å². The Morgan fingerprint density at radius 3 is 2.38 bits per heavy atom. The lowest BCUT2D eigenvalue weighted by Crippen LogP contribution is -2.47. The summed E-state index contributed by atoms with van der Waals surface area (Å²) in [5.74, 6) is 0. The molecule has 7 heteroatoms. The van der Waals surface area contributed by atoms with Crippen LogP contribution in [0.4, 0.5) is 0 Å². The van der Waals surface area contributed by atoms with Gasteiger partial charge in [0.05, 0.1) is 12.6 Å². The molecule has 2 atom stereocenters. The summed E-state index contributed by atoms with van der Waals surface area (Å²) in [4.78, 5) is 5.44. The quantitative estimate of drug-likeness (QED) is 0.923. The van der Waals surface area contributed by atoms with Crippen molar-refractivity contribution in [3.05, 3.63) is 34.9 Å². The first-order valence-electron chi connectivity index (χ1n) is 6.74. The van der Waals surface area contributed by atoms with Gasteiger partial charge in [0.15, 0.2) is 0 Å². The molecule has 0 spiro atoms.